The zero-order chi connectivity index (χ0) is 11.7. The van der Waals surface area contributed by atoms with E-state index in [1.165, 1.54) is 6.07 Å². The predicted molar refractivity (Wildman–Crippen MR) is 56.3 cm³/mol. The fourth-order valence-electron chi connectivity index (χ4n) is 2.04. The van der Waals surface area contributed by atoms with E-state index in [4.69, 9.17) is 10.8 Å². The van der Waals surface area contributed by atoms with Gasteiger partial charge in [0.05, 0.1) is 0 Å². The molecule has 0 spiro atoms. The number of hydrogen-bond acceptors (Lipinski definition) is 3. The Morgan fingerprint density at radius 1 is 1.62 bits per heavy atom. The molecule has 1 heterocycles. The van der Waals surface area contributed by atoms with Crippen molar-refractivity contribution < 1.29 is 14.3 Å². The maximum atomic E-state index is 13.4. The molecule has 1 aliphatic rings. The van der Waals surface area contributed by atoms with Gasteiger partial charge in [0.1, 0.15) is 11.9 Å². The lowest BCUT2D eigenvalue weighted by atomic mass is 9.92. The lowest BCUT2D eigenvalue weighted by Gasteiger charge is -2.25. The van der Waals surface area contributed by atoms with Crippen LogP contribution in [0.25, 0.3) is 0 Å². The van der Waals surface area contributed by atoms with E-state index in [0.29, 0.717) is 18.5 Å². The Morgan fingerprint density at radius 2 is 2.38 bits per heavy atom. The van der Waals surface area contributed by atoms with Gasteiger partial charge in [-0.1, -0.05) is 6.07 Å². The Balaban J connectivity index is 2.38. The quantitative estimate of drug-likeness (QED) is 0.679. The second-order valence-electron chi connectivity index (χ2n) is 3.84. The van der Waals surface area contributed by atoms with Gasteiger partial charge in [-0.3, -0.25) is 10.1 Å². The number of carbonyl (C=O) groups is 1. The molecule has 1 unspecified atom stereocenters. The number of nitrogens with one attached hydrogen (secondary N) is 1. The smallest absolute Gasteiger partial charge is 0.321 e. The van der Waals surface area contributed by atoms with Gasteiger partial charge in [-0.2, -0.15) is 0 Å². The third-order valence-electron chi connectivity index (χ3n) is 2.92. The van der Waals surface area contributed by atoms with Crippen LogP contribution < -0.4 is 11.1 Å². The molecule has 4 N–H and O–H groups in total. The first-order valence-electron chi connectivity index (χ1n) is 5.09. The van der Waals surface area contributed by atoms with Gasteiger partial charge in [-0.25, -0.2) is 4.39 Å². The fraction of sp³-hybridized carbons (Fsp3) is 0.364. The molecule has 0 radical (unpaired) electrons. The van der Waals surface area contributed by atoms with E-state index in [0.717, 1.165) is 11.1 Å². The van der Waals surface area contributed by atoms with Crippen molar-refractivity contribution in [3.63, 3.8) is 0 Å². The highest BCUT2D eigenvalue weighted by Gasteiger charge is 2.25. The molecule has 1 aromatic rings. The van der Waals surface area contributed by atoms with Crippen LogP contribution in [0.1, 0.15) is 16.7 Å². The average Bonchev–Trinajstić information content (AvgIpc) is 2.28. The minimum Gasteiger partial charge on any atom is -0.480 e. The van der Waals surface area contributed by atoms with E-state index in [9.17, 15) is 9.18 Å². The summed E-state index contributed by atoms with van der Waals surface area (Å²) < 4.78 is 13.4. The third-order valence-corrected chi connectivity index (χ3v) is 2.92. The molecule has 0 bridgehead atoms. The van der Waals surface area contributed by atoms with Crippen LogP contribution in [-0.2, 0) is 24.3 Å². The first kappa shape index (κ1) is 11.0. The van der Waals surface area contributed by atoms with Gasteiger partial charge < -0.3 is 10.8 Å². The molecular weight excluding hydrogens is 211 g/mol. The van der Waals surface area contributed by atoms with Crippen molar-refractivity contribution in [1.82, 2.24) is 5.32 Å². The standard InChI is InChI=1S/C11H13FN2O2/c12-9-2-1-6-3-10(11(15)16)14-5-8(6)7(9)4-13/h1-2,10,14H,3-5,13H2,(H,15,16). The van der Waals surface area contributed by atoms with E-state index in [1.54, 1.807) is 6.07 Å². The maximum Gasteiger partial charge on any atom is 0.321 e. The van der Waals surface area contributed by atoms with Crippen LogP contribution in [0.2, 0.25) is 0 Å². The molecule has 4 nitrogen and oxygen atoms in total. The van der Waals surface area contributed by atoms with Gasteiger partial charge in [0, 0.05) is 18.7 Å². The van der Waals surface area contributed by atoms with Gasteiger partial charge in [0.25, 0.3) is 0 Å². The summed E-state index contributed by atoms with van der Waals surface area (Å²) in [6.07, 6.45) is 0.373. The molecule has 0 saturated carbocycles. The molecule has 5 heteroatoms. The molecule has 1 aliphatic heterocycles. The second-order valence-corrected chi connectivity index (χ2v) is 3.84. The summed E-state index contributed by atoms with van der Waals surface area (Å²) in [5.41, 5.74) is 7.64. The van der Waals surface area contributed by atoms with Crippen LogP contribution in [-0.4, -0.2) is 17.1 Å². The molecule has 16 heavy (non-hydrogen) atoms. The number of aliphatic carboxylic acids is 1. The Bertz CT molecular complexity index is 434. The van der Waals surface area contributed by atoms with Crippen LogP contribution in [0.4, 0.5) is 4.39 Å². The van der Waals surface area contributed by atoms with Crippen LogP contribution in [0.5, 0.6) is 0 Å². The van der Waals surface area contributed by atoms with Crippen molar-refractivity contribution in [3.8, 4) is 0 Å². The highest BCUT2D eigenvalue weighted by molar-refractivity contribution is 5.74. The van der Waals surface area contributed by atoms with Crippen molar-refractivity contribution in [3.05, 3.63) is 34.6 Å². The zero-order valence-electron chi connectivity index (χ0n) is 8.66. The van der Waals surface area contributed by atoms with Gasteiger partial charge in [0.2, 0.25) is 0 Å². The molecule has 1 aromatic carbocycles. The summed E-state index contributed by atoms with van der Waals surface area (Å²) >= 11 is 0. The van der Waals surface area contributed by atoms with E-state index in [1.807, 2.05) is 0 Å². The summed E-state index contributed by atoms with van der Waals surface area (Å²) in [5.74, 6) is -1.21. The number of benzene rings is 1. The molecule has 0 fully saturated rings. The Hall–Kier alpha value is -1.46. The van der Waals surface area contributed by atoms with Crippen molar-refractivity contribution in [1.29, 1.82) is 0 Å². The monoisotopic (exact) mass is 224 g/mol. The van der Waals surface area contributed by atoms with Gasteiger partial charge >= 0.3 is 5.97 Å². The minimum absolute atomic E-state index is 0.133. The molecule has 0 aliphatic carbocycles. The lowest BCUT2D eigenvalue weighted by molar-refractivity contribution is -0.139. The highest BCUT2D eigenvalue weighted by Crippen LogP contribution is 2.23. The lowest BCUT2D eigenvalue weighted by Crippen LogP contribution is -2.42. The SMILES string of the molecule is NCc1c(F)ccc2c1CNC(C(=O)O)C2. The number of hydrogen-bond donors (Lipinski definition) is 3. The van der Waals surface area contributed by atoms with E-state index in [-0.39, 0.29) is 12.4 Å². The second kappa shape index (κ2) is 4.19. The summed E-state index contributed by atoms with van der Waals surface area (Å²) in [6.45, 7) is 0.491. The summed E-state index contributed by atoms with van der Waals surface area (Å²) in [5, 5.41) is 11.7. The number of nitrogens with two attached hydrogens (primary N) is 1. The van der Waals surface area contributed by atoms with Crippen LogP contribution in [0.3, 0.4) is 0 Å². The van der Waals surface area contributed by atoms with E-state index < -0.39 is 12.0 Å². The maximum absolute atomic E-state index is 13.4. The van der Waals surface area contributed by atoms with Gasteiger partial charge in [-0.05, 0) is 23.6 Å². The molecule has 2 rings (SSSR count). The Labute approximate surface area is 92.3 Å². The van der Waals surface area contributed by atoms with Crippen LogP contribution in [0, 0.1) is 5.82 Å². The van der Waals surface area contributed by atoms with Crippen molar-refractivity contribution in [2.45, 2.75) is 25.6 Å². The molecular formula is C11H13FN2O2. The van der Waals surface area contributed by atoms with Gasteiger partial charge in [0.15, 0.2) is 0 Å². The van der Waals surface area contributed by atoms with Crippen LogP contribution in [0.15, 0.2) is 12.1 Å². The number of fused-ring (bicyclic) bond motifs is 1. The highest BCUT2D eigenvalue weighted by atomic mass is 19.1. The number of carboxylic acid groups (broad SMARTS) is 1. The number of halogens is 1. The van der Waals surface area contributed by atoms with E-state index in [2.05, 4.69) is 5.32 Å². The number of carboxylic acids is 1. The predicted octanol–water partition coefficient (Wildman–Crippen LogP) is 0.383. The largest absolute Gasteiger partial charge is 0.480 e. The van der Waals surface area contributed by atoms with Crippen LogP contribution >= 0.6 is 0 Å². The molecule has 1 atom stereocenters. The van der Waals surface area contributed by atoms with Crippen molar-refractivity contribution in [2.24, 2.45) is 5.73 Å². The molecule has 0 aromatic heterocycles. The van der Waals surface area contributed by atoms with Crippen molar-refractivity contribution in [2.75, 3.05) is 0 Å². The summed E-state index contributed by atoms with van der Waals surface area (Å²) in [4.78, 5) is 10.8. The average molecular weight is 224 g/mol. The topological polar surface area (TPSA) is 75.3 Å². The summed E-state index contributed by atoms with van der Waals surface area (Å²) in [7, 11) is 0. The molecule has 0 saturated heterocycles. The number of rotatable bonds is 2. The Kier molecular flexibility index (Phi) is 2.89. The summed E-state index contributed by atoms with van der Waals surface area (Å²) in [6, 6.07) is 2.40. The Morgan fingerprint density at radius 3 is 3.00 bits per heavy atom. The molecule has 0 amide bonds. The zero-order valence-corrected chi connectivity index (χ0v) is 8.66. The first-order chi connectivity index (χ1) is 7.63. The van der Waals surface area contributed by atoms with E-state index >= 15 is 0 Å². The minimum atomic E-state index is -0.885. The third kappa shape index (κ3) is 1.79. The fourth-order valence-corrected chi connectivity index (χ4v) is 2.04. The van der Waals surface area contributed by atoms with Crippen molar-refractivity contribution >= 4 is 5.97 Å². The first-order valence-corrected chi connectivity index (χ1v) is 5.09. The van der Waals surface area contributed by atoms with Gasteiger partial charge in [-0.15, -0.1) is 0 Å². The normalized spacial score (nSPS) is 19.2. The molecule has 86 valence electrons.